The number of hydrogen-bond donors (Lipinski definition) is 8. The van der Waals surface area contributed by atoms with Crippen LogP contribution in [0.25, 0.3) is 11.2 Å². The highest BCUT2D eigenvalue weighted by molar-refractivity contribution is 5.81. The molecular weight excluding hydrogens is 899 g/mol. The van der Waals surface area contributed by atoms with Crippen LogP contribution in [0.5, 0.6) is 0 Å². The second kappa shape index (κ2) is 17.4. The minimum Gasteiger partial charge on any atom is -0.479 e. The van der Waals surface area contributed by atoms with Crippen LogP contribution in [0.2, 0.25) is 0 Å². The SMILES string of the molecule is CC1(C)[C@@H](O[C@H]2O[C@H](C(=O)O)[C@@H](O)[C@H](O)[C@H]2O[C@@H]2O[C@H](C(=O)O)[C@@H](O)[C@H](O)[C@H]2O)CC[C@]2(C)[C@H]3CC=C4[C@@H]5C[C@@](C)(C(=O)OCCn6cnc7c(N)ncnc76)CC[C@]5(C)CC[C@@]4(C)[C@]3(C)CC[C@@H]12. The molecule has 0 radical (unpaired) electrons. The summed E-state index contributed by atoms with van der Waals surface area (Å²) in [6.45, 7) is 16.7. The molecule has 20 nitrogen and oxygen atoms in total. The minimum atomic E-state index is -2.02. The molecule has 69 heavy (non-hydrogen) atoms. The topological polar surface area (TPSA) is 309 Å². The van der Waals surface area contributed by atoms with Crippen molar-refractivity contribution in [2.45, 2.75) is 187 Å². The summed E-state index contributed by atoms with van der Waals surface area (Å²) in [6, 6.07) is 0. The van der Waals surface area contributed by atoms with Gasteiger partial charge in [-0.3, -0.25) is 4.79 Å². The number of aliphatic hydroxyl groups is 5. The molecule has 5 aliphatic carbocycles. The first-order chi connectivity index (χ1) is 32.3. The van der Waals surface area contributed by atoms with Gasteiger partial charge in [0.1, 0.15) is 55.1 Å². The molecule has 19 atom stereocenters. The van der Waals surface area contributed by atoms with E-state index in [-0.39, 0.29) is 46.1 Å². The van der Waals surface area contributed by atoms with Crippen LogP contribution in [-0.4, -0.2) is 147 Å². The average molecular weight is 970 g/mol. The van der Waals surface area contributed by atoms with Crippen molar-refractivity contribution < 1.29 is 73.8 Å². The Hall–Kier alpha value is -3.86. The Labute approximate surface area is 400 Å². The Balaban J connectivity index is 0.926. The summed E-state index contributed by atoms with van der Waals surface area (Å²) in [5.41, 5.74) is 7.05. The largest absolute Gasteiger partial charge is 0.479 e. The van der Waals surface area contributed by atoms with E-state index in [1.807, 2.05) is 4.57 Å². The molecule has 0 aromatic carbocycles. The molecule has 4 heterocycles. The molecule has 0 unspecified atom stereocenters. The number of aliphatic carboxylic acids is 2. The molecule has 9 rings (SSSR count). The molecule has 2 aliphatic heterocycles. The van der Waals surface area contributed by atoms with Crippen molar-refractivity contribution in [2.24, 2.45) is 50.2 Å². The average Bonchev–Trinajstić information content (AvgIpc) is 3.71. The van der Waals surface area contributed by atoms with E-state index >= 15 is 0 Å². The fraction of sp³-hybridized carbons (Fsp3) is 0.796. The lowest BCUT2D eigenvalue weighted by Gasteiger charge is -2.71. The fourth-order valence-corrected chi connectivity index (χ4v) is 15.0. The van der Waals surface area contributed by atoms with Crippen molar-refractivity contribution in [1.29, 1.82) is 0 Å². The van der Waals surface area contributed by atoms with Crippen LogP contribution in [0.4, 0.5) is 5.82 Å². The summed E-state index contributed by atoms with van der Waals surface area (Å²) < 4.78 is 31.6. The number of anilines is 1. The fourth-order valence-electron chi connectivity index (χ4n) is 15.0. The number of allylic oxidation sites excluding steroid dienone is 2. The second-order valence-electron chi connectivity index (χ2n) is 23.3. The normalized spacial score (nSPS) is 46.1. The van der Waals surface area contributed by atoms with Crippen LogP contribution in [-0.2, 0) is 44.6 Å². The van der Waals surface area contributed by atoms with Gasteiger partial charge < -0.3 is 69.7 Å². The van der Waals surface area contributed by atoms with Crippen molar-refractivity contribution >= 4 is 34.9 Å². The number of hydrogen-bond acceptors (Lipinski definition) is 17. The van der Waals surface area contributed by atoms with E-state index in [9.17, 15) is 50.1 Å². The van der Waals surface area contributed by atoms with Crippen LogP contribution in [0.1, 0.15) is 113 Å². The van der Waals surface area contributed by atoms with Gasteiger partial charge in [-0.05, 0) is 116 Å². The van der Waals surface area contributed by atoms with E-state index in [1.54, 1.807) is 6.33 Å². The van der Waals surface area contributed by atoms with Gasteiger partial charge in [0.2, 0.25) is 0 Å². The van der Waals surface area contributed by atoms with Gasteiger partial charge in [0, 0.05) is 0 Å². The molecule has 0 spiro atoms. The number of carbonyl (C=O) groups excluding carboxylic acids is 1. The summed E-state index contributed by atoms with van der Waals surface area (Å²) in [5, 5.41) is 73.4. The van der Waals surface area contributed by atoms with Gasteiger partial charge in [-0.2, -0.15) is 0 Å². The molecule has 0 bridgehead atoms. The number of rotatable bonds is 10. The monoisotopic (exact) mass is 969 g/mol. The second-order valence-corrected chi connectivity index (χ2v) is 23.3. The molecule has 20 heteroatoms. The number of aliphatic hydroxyl groups excluding tert-OH is 5. The number of fused-ring (bicyclic) bond motifs is 8. The Kier molecular flexibility index (Phi) is 12.7. The first-order valence-corrected chi connectivity index (χ1v) is 24.6. The number of ether oxygens (including phenoxy) is 5. The van der Waals surface area contributed by atoms with E-state index in [0.29, 0.717) is 42.3 Å². The van der Waals surface area contributed by atoms with Gasteiger partial charge in [0.15, 0.2) is 36.3 Å². The smallest absolute Gasteiger partial charge is 0.335 e. The molecule has 0 amide bonds. The number of imidazole rings is 1. The molecule has 382 valence electrons. The van der Waals surface area contributed by atoms with Crippen molar-refractivity contribution in [3.63, 3.8) is 0 Å². The number of nitrogens with zero attached hydrogens (tertiary/aromatic N) is 4. The summed E-state index contributed by atoms with van der Waals surface area (Å²) >= 11 is 0. The van der Waals surface area contributed by atoms with Crippen LogP contribution in [0.3, 0.4) is 0 Å². The zero-order valence-corrected chi connectivity index (χ0v) is 40.6. The summed E-state index contributed by atoms with van der Waals surface area (Å²) in [7, 11) is 0. The van der Waals surface area contributed by atoms with Gasteiger partial charge >= 0.3 is 17.9 Å². The van der Waals surface area contributed by atoms with E-state index < -0.39 is 90.3 Å². The summed E-state index contributed by atoms with van der Waals surface area (Å²) in [4.78, 5) is 50.9. The maximum Gasteiger partial charge on any atom is 0.335 e. The van der Waals surface area contributed by atoms with Crippen molar-refractivity contribution in [1.82, 2.24) is 19.5 Å². The van der Waals surface area contributed by atoms with Gasteiger partial charge in [0.05, 0.1) is 24.4 Å². The third-order valence-corrected chi connectivity index (χ3v) is 19.5. The first-order valence-electron chi connectivity index (χ1n) is 24.6. The van der Waals surface area contributed by atoms with Gasteiger partial charge in [-0.25, -0.2) is 24.5 Å². The number of aromatic nitrogens is 4. The lowest BCUT2D eigenvalue weighted by molar-refractivity contribution is -0.371. The van der Waals surface area contributed by atoms with Crippen molar-refractivity contribution in [2.75, 3.05) is 12.3 Å². The molecule has 4 saturated carbocycles. The Bertz CT molecular complexity index is 2360. The highest BCUT2D eigenvalue weighted by atomic mass is 16.8. The lowest BCUT2D eigenvalue weighted by atomic mass is 9.33. The molecule has 9 N–H and O–H groups in total. The molecular formula is C49H71N5O15. The first kappa shape index (κ1) is 50.1. The predicted molar refractivity (Wildman–Crippen MR) is 242 cm³/mol. The Morgan fingerprint density at radius 2 is 1.43 bits per heavy atom. The quantitative estimate of drug-likeness (QED) is 0.0964. The molecule has 6 fully saturated rings. The van der Waals surface area contributed by atoms with Crippen LogP contribution < -0.4 is 5.73 Å². The number of carboxylic acids is 2. The Morgan fingerprint density at radius 1 is 0.768 bits per heavy atom. The van der Waals surface area contributed by atoms with Gasteiger partial charge in [0.25, 0.3) is 0 Å². The number of nitrogen functional groups attached to an aromatic ring is 1. The lowest BCUT2D eigenvalue weighted by Crippen LogP contribution is -2.67. The van der Waals surface area contributed by atoms with Crippen molar-refractivity contribution in [3.05, 3.63) is 24.3 Å². The number of nitrogens with two attached hydrogens (primary N) is 1. The van der Waals surface area contributed by atoms with E-state index in [0.717, 1.165) is 51.4 Å². The molecule has 2 saturated heterocycles. The standard InChI is InChI=1S/C49H71N5O15/c1-44(2)25-10-13-49(7)26(47(25,5)12-11-27(44)66-42-36(32(58)31(57)35(68-42)40(62)63)69-41-33(59)29(55)30(56)34(67-41)39(60)61)9-8-23-24-20-46(4,15-14-45(24,3)16-17-48(23,49)6)43(64)65-19-18-54-22-53-28-37(50)51-21-52-38(28)54/h8,21-22,24-27,29-36,41-42,55-59H,9-20H2,1-7H3,(H,60,61)(H,62,63)(H2,50,51,52)/t24-,25-,26+,27-,29-,30-,31-,32-,33+,34-,35-,36+,41-,42-,45+,46-,47-,48+,49+/m0/s1. The zero-order chi connectivity index (χ0) is 50.0. The summed E-state index contributed by atoms with van der Waals surface area (Å²) in [5.74, 6) is -2.47. The van der Waals surface area contributed by atoms with Crippen molar-refractivity contribution in [3.8, 4) is 0 Å². The van der Waals surface area contributed by atoms with Crippen LogP contribution in [0, 0.1) is 50.2 Å². The third kappa shape index (κ3) is 7.80. The predicted octanol–water partition coefficient (Wildman–Crippen LogP) is 2.95. The van der Waals surface area contributed by atoms with Crippen LogP contribution >= 0.6 is 0 Å². The molecule has 2 aromatic heterocycles. The molecule has 2 aromatic rings. The van der Waals surface area contributed by atoms with E-state index in [2.05, 4.69) is 69.5 Å². The zero-order valence-electron chi connectivity index (χ0n) is 40.6. The maximum atomic E-state index is 14.1. The number of carboxylic acid groups (broad SMARTS) is 2. The van der Waals surface area contributed by atoms with Crippen LogP contribution in [0.15, 0.2) is 24.3 Å². The summed E-state index contributed by atoms with van der Waals surface area (Å²) in [6.07, 6.45) is -5.79. The van der Waals surface area contributed by atoms with E-state index in [4.69, 9.17) is 29.4 Å². The number of carbonyl (C=O) groups is 3. The van der Waals surface area contributed by atoms with Gasteiger partial charge in [-0.1, -0.05) is 53.2 Å². The third-order valence-electron chi connectivity index (χ3n) is 19.5. The highest BCUT2D eigenvalue weighted by Crippen LogP contribution is 2.76. The highest BCUT2D eigenvalue weighted by Gasteiger charge is 2.69. The van der Waals surface area contributed by atoms with E-state index in [1.165, 1.54) is 11.9 Å². The van der Waals surface area contributed by atoms with Gasteiger partial charge in [-0.15, -0.1) is 0 Å². The number of esters is 1. The molecule has 7 aliphatic rings. The Morgan fingerprint density at radius 3 is 2.13 bits per heavy atom. The maximum absolute atomic E-state index is 14.1. The minimum absolute atomic E-state index is 0.0500.